The molecule has 0 aliphatic heterocycles. The summed E-state index contributed by atoms with van der Waals surface area (Å²) < 4.78 is 2.42. The zero-order valence-corrected chi connectivity index (χ0v) is 21.8. The second kappa shape index (κ2) is 5.01. The summed E-state index contributed by atoms with van der Waals surface area (Å²) in [6.07, 6.45) is 8.02. The third-order valence-corrected chi connectivity index (χ3v) is 54.8. The van der Waals surface area contributed by atoms with Gasteiger partial charge in [0.05, 0.1) is 0 Å². The average Bonchev–Trinajstić information content (AvgIpc) is 2.43. The Morgan fingerprint density at radius 3 is 1.35 bits per heavy atom. The van der Waals surface area contributed by atoms with Crippen molar-refractivity contribution in [2.75, 3.05) is 0 Å². The zero-order valence-electron chi connectivity index (χ0n) is 13.2. The van der Waals surface area contributed by atoms with E-state index in [-0.39, 0.29) is 0 Å². The average molecular weight is 555 g/mol. The summed E-state index contributed by atoms with van der Waals surface area (Å²) in [6.45, 7) is 0. The minimum atomic E-state index is -1.95. The molecule has 98 valence electrons. The summed E-state index contributed by atoms with van der Waals surface area (Å²) in [5.41, 5.74) is 0. The van der Waals surface area contributed by atoms with Crippen molar-refractivity contribution in [2.45, 2.75) is 45.9 Å². The molecule has 0 fully saturated rings. The summed E-state index contributed by atoms with van der Waals surface area (Å²) in [6, 6.07) is 0. The fourth-order valence-corrected chi connectivity index (χ4v) is 65.2. The van der Waals surface area contributed by atoms with Crippen LogP contribution in [0.25, 0.3) is 0 Å². The van der Waals surface area contributed by atoms with Crippen LogP contribution in [0, 0.1) is 0 Å². The molecule has 0 unspecified atom stereocenters. The Morgan fingerprint density at radius 1 is 0.765 bits per heavy atom. The Hall–Kier alpha value is 1.88. The number of allylic oxidation sites excluding steroid dienone is 4. The standard InChI is InChI=1S/C5H3.9CH3.3Sn/c1-2-4-5-3-1;;;;;;;;;;;;/h1-2,5H;9*1H3;;;. The first kappa shape index (κ1) is 16.9. The van der Waals surface area contributed by atoms with Crippen LogP contribution in [0.5, 0.6) is 0 Å². The molecule has 0 spiro atoms. The monoisotopic (exact) mass is 558 g/mol. The molecule has 0 aromatic heterocycles. The van der Waals surface area contributed by atoms with Crippen LogP contribution in [0.15, 0.2) is 21.8 Å². The van der Waals surface area contributed by atoms with Crippen LogP contribution >= 0.6 is 0 Å². The summed E-state index contributed by atoms with van der Waals surface area (Å²) in [4.78, 5) is 23.5. The molecule has 0 N–H and O–H groups in total. The molecule has 0 nitrogen and oxygen atoms in total. The van der Waals surface area contributed by atoms with E-state index in [0.717, 1.165) is 0 Å². The van der Waals surface area contributed by atoms with Gasteiger partial charge < -0.3 is 0 Å². The molecule has 0 saturated heterocycles. The summed E-state index contributed by atoms with van der Waals surface area (Å²) >= 11 is -5.78. The van der Waals surface area contributed by atoms with E-state index in [4.69, 9.17) is 0 Å². The molecule has 0 saturated carbocycles. The van der Waals surface area contributed by atoms with Crippen LogP contribution in [0.2, 0.25) is 45.9 Å². The molecule has 0 atom stereocenters. The van der Waals surface area contributed by atoms with Crippen molar-refractivity contribution in [3.63, 3.8) is 0 Å². The van der Waals surface area contributed by atoms with Crippen LogP contribution < -0.4 is 0 Å². The van der Waals surface area contributed by atoms with E-state index in [2.05, 4.69) is 62.7 Å². The minimum absolute atomic E-state index is 0.628. The maximum atomic E-state index is 2.80. The molecule has 0 radical (unpaired) electrons. The van der Waals surface area contributed by atoms with Gasteiger partial charge >= 0.3 is 123 Å². The number of hydrogen-bond acceptors (Lipinski definition) is 0. The topological polar surface area (TPSA) is 0 Å². The molecule has 1 aliphatic carbocycles. The SMILES string of the molecule is [CH3][Sn]([CH3])([CH3])[C]1=C[C]([Sn]([CH3])([CH3])[CH3])([Sn]([CH3])([CH3])[CH3])C=C1. The Labute approximate surface area is 121 Å². The Bertz CT molecular complexity index is 342. The molecule has 0 amide bonds. The quantitative estimate of drug-likeness (QED) is 0.415. The van der Waals surface area contributed by atoms with E-state index >= 15 is 0 Å². The second-order valence-corrected chi connectivity index (χ2v) is 57.5. The van der Waals surface area contributed by atoms with Crippen molar-refractivity contribution in [2.24, 2.45) is 0 Å². The van der Waals surface area contributed by atoms with Gasteiger partial charge in [0.15, 0.2) is 0 Å². The van der Waals surface area contributed by atoms with Crippen LogP contribution in [-0.4, -0.2) is 55.1 Å². The first-order chi connectivity index (χ1) is 7.31. The maximum absolute atomic E-state index is 2.80. The fraction of sp³-hybridized carbons (Fsp3) is 0.714. The molecule has 0 aromatic carbocycles. The molecule has 3 heteroatoms. The van der Waals surface area contributed by atoms with Crippen molar-refractivity contribution < 1.29 is 0 Å². The Balaban J connectivity index is 3.36. The predicted octanol–water partition coefficient (Wildman–Crippen LogP) is 5.32. The Kier molecular flexibility index (Phi) is 4.99. The van der Waals surface area contributed by atoms with Gasteiger partial charge in [-0.3, -0.25) is 0 Å². The van der Waals surface area contributed by atoms with Crippen molar-refractivity contribution in [1.29, 1.82) is 0 Å². The molecule has 17 heavy (non-hydrogen) atoms. The van der Waals surface area contributed by atoms with Gasteiger partial charge in [-0.1, -0.05) is 0 Å². The van der Waals surface area contributed by atoms with E-state index in [9.17, 15) is 0 Å². The first-order valence-electron chi connectivity index (χ1n) is 6.74. The van der Waals surface area contributed by atoms with Gasteiger partial charge in [-0.15, -0.1) is 0 Å². The normalized spacial score (nSPS) is 20.6. The van der Waals surface area contributed by atoms with Crippen LogP contribution in [0.3, 0.4) is 0 Å². The van der Waals surface area contributed by atoms with Crippen molar-refractivity contribution >= 4 is 55.1 Å². The molecule has 0 heterocycles. The van der Waals surface area contributed by atoms with Crippen LogP contribution in [0.4, 0.5) is 0 Å². The first-order valence-corrected chi connectivity index (χ1v) is 36.7. The fourth-order valence-electron chi connectivity index (χ4n) is 3.09. The third-order valence-electron chi connectivity index (χ3n) is 4.26. The molecular formula is C14H30Sn3. The second-order valence-electron chi connectivity index (χ2n) is 8.55. The summed E-state index contributed by atoms with van der Waals surface area (Å²) in [5, 5.41) is 0. The predicted molar refractivity (Wildman–Crippen MR) is 90.0 cm³/mol. The summed E-state index contributed by atoms with van der Waals surface area (Å²) in [7, 11) is 0. The van der Waals surface area contributed by atoms with Gasteiger partial charge in [-0.05, 0) is 0 Å². The van der Waals surface area contributed by atoms with Gasteiger partial charge in [-0.2, -0.15) is 0 Å². The molecule has 0 aromatic rings. The number of hydrogen-bond donors (Lipinski definition) is 0. The van der Waals surface area contributed by atoms with E-state index in [1.54, 1.807) is 3.59 Å². The Morgan fingerprint density at radius 2 is 1.18 bits per heavy atom. The van der Waals surface area contributed by atoms with E-state index in [1.807, 2.05) is 0 Å². The third kappa shape index (κ3) is 3.31. The van der Waals surface area contributed by atoms with E-state index in [0.29, 0.717) is 1.45 Å². The van der Waals surface area contributed by atoms with Crippen molar-refractivity contribution in [1.82, 2.24) is 0 Å². The van der Waals surface area contributed by atoms with Gasteiger partial charge in [0, 0.05) is 0 Å². The van der Waals surface area contributed by atoms with E-state index in [1.165, 1.54) is 0 Å². The van der Waals surface area contributed by atoms with Crippen LogP contribution in [0.1, 0.15) is 0 Å². The molecule has 1 rings (SSSR count). The van der Waals surface area contributed by atoms with E-state index < -0.39 is 55.1 Å². The summed E-state index contributed by atoms with van der Waals surface area (Å²) in [5.74, 6) is 0. The van der Waals surface area contributed by atoms with Crippen molar-refractivity contribution in [3.05, 3.63) is 21.8 Å². The number of rotatable bonds is 3. The zero-order chi connectivity index (χ0) is 13.7. The molecule has 0 bridgehead atoms. The van der Waals surface area contributed by atoms with Gasteiger partial charge in [-0.25, -0.2) is 0 Å². The van der Waals surface area contributed by atoms with Gasteiger partial charge in [0.2, 0.25) is 0 Å². The molecule has 1 aliphatic rings. The van der Waals surface area contributed by atoms with Crippen LogP contribution in [-0.2, 0) is 0 Å². The van der Waals surface area contributed by atoms with Gasteiger partial charge in [0.1, 0.15) is 0 Å². The molecular weight excluding hydrogens is 524 g/mol. The van der Waals surface area contributed by atoms with Gasteiger partial charge in [0.25, 0.3) is 0 Å². The van der Waals surface area contributed by atoms with Crippen molar-refractivity contribution in [3.8, 4) is 0 Å².